The smallest absolute Gasteiger partial charge is 0.254 e. The van der Waals surface area contributed by atoms with Gasteiger partial charge in [0.15, 0.2) is 6.61 Å². The molecular formula is C17H15ClN2O2. The summed E-state index contributed by atoms with van der Waals surface area (Å²) in [5.41, 5.74) is 3.11. The van der Waals surface area contributed by atoms with E-state index >= 15 is 0 Å². The number of ether oxygens (including phenoxy) is 1. The average Bonchev–Trinajstić information content (AvgIpc) is 2.96. The molecular weight excluding hydrogens is 300 g/mol. The highest BCUT2D eigenvalue weighted by atomic mass is 35.5. The van der Waals surface area contributed by atoms with Gasteiger partial charge in [-0.2, -0.15) is 0 Å². The number of hydrogen-bond donors (Lipinski definition) is 0. The second-order valence-electron chi connectivity index (χ2n) is 5.07. The fourth-order valence-corrected chi connectivity index (χ4v) is 2.25. The van der Waals surface area contributed by atoms with Gasteiger partial charge in [0, 0.05) is 10.6 Å². The second kappa shape index (κ2) is 6.20. The molecule has 0 aliphatic heterocycles. The van der Waals surface area contributed by atoms with Gasteiger partial charge in [0.25, 0.3) is 5.89 Å². The topological polar surface area (TPSA) is 48.2 Å². The van der Waals surface area contributed by atoms with E-state index in [1.807, 2.05) is 38.1 Å². The van der Waals surface area contributed by atoms with E-state index in [1.165, 1.54) is 5.56 Å². The quantitative estimate of drug-likeness (QED) is 0.707. The third kappa shape index (κ3) is 3.28. The van der Waals surface area contributed by atoms with Crippen LogP contribution in [0.1, 0.15) is 17.0 Å². The molecule has 0 spiro atoms. The molecule has 0 fully saturated rings. The van der Waals surface area contributed by atoms with Crippen molar-refractivity contribution >= 4 is 11.6 Å². The Morgan fingerprint density at radius 1 is 1.05 bits per heavy atom. The molecule has 2 aromatic carbocycles. The first-order valence-electron chi connectivity index (χ1n) is 6.90. The van der Waals surface area contributed by atoms with Crippen molar-refractivity contribution in [3.63, 3.8) is 0 Å². The van der Waals surface area contributed by atoms with Crippen molar-refractivity contribution in [3.05, 3.63) is 64.5 Å². The fraction of sp³-hybridized carbons (Fsp3) is 0.176. The zero-order chi connectivity index (χ0) is 15.5. The van der Waals surface area contributed by atoms with E-state index in [1.54, 1.807) is 12.1 Å². The third-order valence-corrected chi connectivity index (χ3v) is 3.49. The Morgan fingerprint density at radius 3 is 2.55 bits per heavy atom. The molecule has 112 valence electrons. The Hall–Kier alpha value is -2.33. The highest BCUT2D eigenvalue weighted by molar-refractivity contribution is 6.30. The van der Waals surface area contributed by atoms with Crippen LogP contribution >= 0.6 is 11.6 Å². The molecule has 4 nitrogen and oxygen atoms in total. The van der Waals surface area contributed by atoms with Crippen molar-refractivity contribution in [2.75, 3.05) is 0 Å². The molecule has 1 aromatic heterocycles. The van der Waals surface area contributed by atoms with Gasteiger partial charge in [-0.05, 0) is 49.7 Å². The number of hydrogen-bond acceptors (Lipinski definition) is 4. The predicted octanol–water partition coefficient (Wildman–Crippen LogP) is 4.59. The second-order valence-corrected chi connectivity index (χ2v) is 5.50. The average molecular weight is 315 g/mol. The van der Waals surface area contributed by atoms with E-state index in [-0.39, 0.29) is 6.61 Å². The van der Waals surface area contributed by atoms with E-state index in [0.29, 0.717) is 16.8 Å². The molecule has 0 saturated heterocycles. The molecule has 0 amide bonds. The van der Waals surface area contributed by atoms with Gasteiger partial charge >= 0.3 is 0 Å². The van der Waals surface area contributed by atoms with Crippen molar-refractivity contribution in [1.29, 1.82) is 0 Å². The number of benzene rings is 2. The molecule has 3 aromatic rings. The molecule has 0 N–H and O–H groups in total. The Kier molecular flexibility index (Phi) is 4.11. The van der Waals surface area contributed by atoms with Crippen LogP contribution in [0.25, 0.3) is 11.5 Å². The fourth-order valence-electron chi connectivity index (χ4n) is 2.12. The summed E-state index contributed by atoms with van der Waals surface area (Å²) in [6.45, 7) is 4.30. The first-order valence-corrected chi connectivity index (χ1v) is 7.28. The minimum atomic E-state index is 0.241. The summed E-state index contributed by atoms with van der Waals surface area (Å²) < 4.78 is 11.3. The Bertz CT molecular complexity index is 782. The highest BCUT2D eigenvalue weighted by Gasteiger charge is 2.09. The molecule has 1 heterocycles. The third-order valence-electron chi connectivity index (χ3n) is 3.24. The van der Waals surface area contributed by atoms with Gasteiger partial charge in [0.2, 0.25) is 5.89 Å². The zero-order valence-electron chi connectivity index (χ0n) is 12.3. The van der Waals surface area contributed by atoms with Crippen molar-refractivity contribution < 1.29 is 9.15 Å². The van der Waals surface area contributed by atoms with E-state index in [9.17, 15) is 0 Å². The summed E-state index contributed by atoms with van der Waals surface area (Å²) in [7, 11) is 0. The summed E-state index contributed by atoms with van der Waals surface area (Å²) in [4.78, 5) is 0. The molecule has 3 rings (SSSR count). The van der Waals surface area contributed by atoms with Crippen molar-refractivity contribution in [1.82, 2.24) is 10.2 Å². The van der Waals surface area contributed by atoms with Crippen LogP contribution in [0.2, 0.25) is 5.02 Å². The Morgan fingerprint density at radius 2 is 1.82 bits per heavy atom. The number of halogens is 1. The lowest BCUT2D eigenvalue weighted by atomic mass is 10.1. The summed E-state index contributed by atoms with van der Waals surface area (Å²) in [6, 6.07) is 13.3. The van der Waals surface area contributed by atoms with E-state index < -0.39 is 0 Å². The molecule has 0 unspecified atom stereocenters. The standard InChI is InChI=1S/C17H15ClN2O2/c1-11-3-8-15(12(2)9-11)21-10-16-19-20-17(22-16)13-4-6-14(18)7-5-13/h3-9H,10H2,1-2H3. The van der Waals surface area contributed by atoms with Gasteiger partial charge in [0.05, 0.1) is 0 Å². The number of aromatic nitrogens is 2. The number of aryl methyl sites for hydroxylation is 2. The lowest BCUT2D eigenvalue weighted by Gasteiger charge is -2.07. The van der Waals surface area contributed by atoms with Gasteiger partial charge in [-0.15, -0.1) is 10.2 Å². The van der Waals surface area contributed by atoms with Crippen molar-refractivity contribution in [2.24, 2.45) is 0 Å². The Balaban J connectivity index is 1.70. The van der Waals surface area contributed by atoms with Gasteiger partial charge in [-0.3, -0.25) is 0 Å². The van der Waals surface area contributed by atoms with Crippen molar-refractivity contribution in [3.8, 4) is 17.2 Å². The minimum absolute atomic E-state index is 0.241. The van der Waals surface area contributed by atoms with Crippen LogP contribution in [0.3, 0.4) is 0 Å². The maximum absolute atomic E-state index is 5.86. The van der Waals surface area contributed by atoms with E-state index in [0.717, 1.165) is 16.9 Å². The SMILES string of the molecule is Cc1ccc(OCc2nnc(-c3ccc(Cl)cc3)o2)c(C)c1. The Labute approximate surface area is 133 Å². The number of nitrogens with zero attached hydrogens (tertiary/aromatic N) is 2. The van der Waals surface area contributed by atoms with Crippen molar-refractivity contribution in [2.45, 2.75) is 20.5 Å². The highest BCUT2D eigenvalue weighted by Crippen LogP contribution is 2.22. The van der Waals surface area contributed by atoms with E-state index in [2.05, 4.69) is 16.3 Å². The molecule has 0 aliphatic rings. The normalized spacial score (nSPS) is 10.7. The summed E-state index contributed by atoms with van der Waals surface area (Å²) in [6.07, 6.45) is 0. The van der Waals surface area contributed by atoms with Crippen LogP contribution in [-0.2, 0) is 6.61 Å². The predicted molar refractivity (Wildman–Crippen MR) is 85.0 cm³/mol. The minimum Gasteiger partial charge on any atom is -0.484 e. The maximum Gasteiger partial charge on any atom is 0.254 e. The molecule has 5 heteroatoms. The van der Waals surface area contributed by atoms with Crippen LogP contribution in [0.4, 0.5) is 0 Å². The first-order chi connectivity index (χ1) is 10.6. The van der Waals surface area contributed by atoms with Gasteiger partial charge in [0.1, 0.15) is 5.75 Å². The summed E-state index contributed by atoms with van der Waals surface area (Å²) in [5, 5.41) is 8.70. The first kappa shape index (κ1) is 14.6. The van der Waals surface area contributed by atoms with Crippen LogP contribution in [0.5, 0.6) is 5.75 Å². The molecule has 0 aliphatic carbocycles. The maximum atomic E-state index is 5.86. The van der Waals surface area contributed by atoms with Crippen LogP contribution in [0, 0.1) is 13.8 Å². The lowest BCUT2D eigenvalue weighted by Crippen LogP contribution is -1.97. The van der Waals surface area contributed by atoms with Gasteiger partial charge < -0.3 is 9.15 Å². The molecule has 22 heavy (non-hydrogen) atoms. The molecule has 0 radical (unpaired) electrons. The van der Waals surface area contributed by atoms with Crippen LogP contribution in [-0.4, -0.2) is 10.2 Å². The lowest BCUT2D eigenvalue weighted by molar-refractivity contribution is 0.263. The molecule has 0 bridgehead atoms. The van der Waals surface area contributed by atoms with E-state index in [4.69, 9.17) is 20.8 Å². The summed E-state index contributed by atoms with van der Waals surface area (Å²) in [5.74, 6) is 1.71. The monoisotopic (exact) mass is 314 g/mol. The summed E-state index contributed by atoms with van der Waals surface area (Å²) >= 11 is 5.86. The van der Waals surface area contributed by atoms with Crippen LogP contribution < -0.4 is 4.74 Å². The molecule has 0 atom stereocenters. The van der Waals surface area contributed by atoms with Gasteiger partial charge in [-0.1, -0.05) is 29.3 Å². The number of rotatable bonds is 4. The zero-order valence-corrected chi connectivity index (χ0v) is 13.1. The van der Waals surface area contributed by atoms with Gasteiger partial charge in [-0.25, -0.2) is 0 Å². The van der Waals surface area contributed by atoms with Crippen LogP contribution in [0.15, 0.2) is 46.9 Å². The molecule has 0 saturated carbocycles. The largest absolute Gasteiger partial charge is 0.484 e.